The molecule has 1 unspecified atom stereocenters. The molecule has 1 amide bonds. The lowest BCUT2D eigenvalue weighted by atomic mass is 9.94. The summed E-state index contributed by atoms with van der Waals surface area (Å²) in [6.45, 7) is 0.0449. The highest BCUT2D eigenvalue weighted by Gasteiger charge is 2.39. The monoisotopic (exact) mass is 442 g/mol. The molecule has 1 aromatic heterocycles. The van der Waals surface area contributed by atoms with Gasteiger partial charge in [0, 0.05) is 23.3 Å². The molecule has 31 heavy (non-hydrogen) atoms. The second-order valence-corrected chi connectivity index (χ2v) is 8.35. The maximum atomic E-state index is 14.8. The summed E-state index contributed by atoms with van der Waals surface area (Å²) in [5.74, 6) is -2.90. The fourth-order valence-corrected chi connectivity index (χ4v) is 5.13. The van der Waals surface area contributed by atoms with E-state index >= 15 is 0 Å². The molecule has 0 aliphatic carbocycles. The number of carbonyl (C=O) groups is 1. The predicted molar refractivity (Wildman–Crippen MR) is 110 cm³/mol. The maximum Gasteiger partial charge on any atom is 0.279 e. The van der Waals surface area contributed by atoms with Gasteiger partial charge in [-0.25, -0.2) is 8.78 Å². The molecule has 0 fully saturated rings. The van der Waals surface area contributed by atoms with E-state index in [0.29, 0.717) is 5.56 Å². The number of rotatable bonds is 1. The van der Waals surface area contributed by atoms with Gasteiger partial charge >= 0.3 is 0 Å². The molecule has 2 aliphatic heterocycles. The van der Waals surface area contributed by atoms with Crippen molar-refractivity contribution < 1.29 is 18.7 Å². The van der Waals surface area contributed by atoms with Crippen molar-refractivity contribution in [3.05, 3.63) is 86.8 Å². The molecular formula is C21H16F2N4O3S. The van der Waals surface area contributed by atoms with Crippen LogP contribution >= 0.6 is 11.8 Å². The molecule has 0 bridgehead atoms. The zero-order chi connectivity index (χ0) is 21.9. The number of benzene rings is 2. The topological polar surface area (TPSA) is 78.7 Å². The highest BCUT2D eigenvalue weighted by Crippen LogP contribution is 2.43. The van der Waals surface area contributed by atoms with Gasteiger partial charge in [0.25, 0.3) is 5.91 Å². The fourth-order valence-electron chi connectivity index (χ4n) is 4.02. The third-order valence-electron chi connectivity index (χ3n) is 5.50. The van der Waals surface area contributed by atoms with Gasteiger partial charge < -0.3 is 10.0 Å². The van der Waals surface area contributed by atoms with Gasteiger partial charge in [-0.2, -0.15) is 9.89 Å². The SMILES string of the molecule is CN1CN(C2c3ccccc3SCc3c2ccc(F)c3F)n2ncc(=O)c(O)c2C1=O. The van der Waals surface area contributed by atoms with E-state index < -0.39 is 34.8 Å². The average molecular weight is 442 g/mol. The highest BCUT2D eigenvalue weighted by molar-refractivity contribution is 7.98. The molecule has 1 atom stereocenters. The molecule has 10 heteroatoms. The summed E-state index contributed by atoms with van der Waals surface area (Å²) in [7, 11) is 1.53. The molecule has 0 saturated heterocycles. The lowest BCUT2D eigenvalue weighted by Crippen LogP contribution is -2.55. The van der Waals surface area contributed by atoms with Crippen LogP contribution < -0.4 is 10.4 Å². The Balaban J connectivity index is 1.81. The van der Waals surface area contributed by atoms with E-state index in [9.17, 15) is 23.5 Å². The van der Waals surface area contributed by atoms with Crippen LogP contribution in [0.25, 0.3) is 0 Å². The molecule has 2 aliphatic rings. The van der Waals surface area contributed by atoms with Gasteiger partial charge in [0.15, 0.2) is 23.1 Å². The third kappa shape index (κ3) is 2.89. The van der Waals surface area contributed by atoms with Crippen molar-refractivity contribution in [1.82, 2.24) is 14.8 Å². The Morgan fingerprint density at radius 2 is 1.90 bits per heavy atom. The zero-order valence-corrected chi connectivity index (χ0v) is 17.1. The number of halogens is 2. The number of hydrogen-bond donors (Lipinski definition) is 1. The number of thioether (sulfide) groups is 1. The summed E-state index contributed by atoms with van der Waals surface area (Å²) in [5, 5.41) is 16.0. The Morgan fingerprint density at radius 1 is 1.13 bits per heavy atom. The summed E-state index contributed by atoms with van der Waals surface area (Å²) >= 11 is 1.39. The first-order valence-corrected chi connectivity index (χ1v) is 10.4. The van der Waals surface area contributed by atoms with Crippen LogP contribution in [0.1, 0.15) is 33.2 Å². The van der Waals surface area contributed by atoms with Gasteiger partial charge in [-0.1, -0.05) is 24.3 Å². The second kappa shape index (κ2) is 7.09. The Hall–Kier alpha value is -3.40. The quantitative estimate of drug-likeness (QED) is 0.624. The molecule has 7 nitrogen and oxygen atoms in total. The van der Waals surface area contributed by atoms with Crippen LogP contribution in [0.2, 0.25) is 0 Å². The fraction of sp³-hybridized carbons (Fsp3) is 0.190. The third-order valence-corrected chi connectivity index (χ3v) is 6.62. The van der Waals surface area contributed by atoms with E-state index in [1.54, 1.807) is 5.01 Å². The Kier molecular flexibility index (Phi) is 4.47. The lowest BCUT2D eigenvalue weighted by molar-refractivity contribution is 0.0715. The molecule has 5 rings (SSSR count). The van der Waals surface area contributed by atoms with Gasteiger partial charge in [0.1, 0.15) is 18.9 Å². The molecule has 2 aromatic carbocycles. The Bertz CT molecular complexity index is 1300. The van der Waals surface area contributed by atoms with Gasteiger partial charge in [-0.05, 0) is 23.3 Å². The smallest absolute Gasteiger partial charge is 0.279 e. The van der Waals surface area contributed by atoms with Gasteiger partial charge in [-0.3, -0.25) is 14.6 Å². The Morgan fingerprint density at radius 3 is 2.71 bits per heavy atom. The van der Waals surface area contributed by atoms with Crippen molar-refractivity contribution in [2.45, 2.75) is 16.7 Å². The van der Waals surface area contributed by atoms with E-state index in [4.69, 9.17) is 0 Å². The number of fused-ring (bicyclic) bond motifs is 3. The van der Waals surface area contributed by atoms with Gasteiger partial charge in [0.05, 0.1) is 0 Å². The van der Waals surface area contributed by atoms with Crippen molar-refractivity contribution in [2.24, 2.45) is 0 Å². The minimum atomic E-state index is -0.935. The minimum absolute atomic E-state index is 0.0449. The molecule has 0 saturated carbocycles. The summed E-state index contributed by atoms with van der Waals surface area (Å²) in [5.41, 5.74) is 0.494. The van der Waals surface area contributed by atoms with Crippen LogP contribution in [0, 0.1) is 11.6 Å². The van der Waals surface area contributed by atoms with Crippen molar-refractivity contribution in [3.63, 3.8) is 0 Å². The van der Waals surface area contributed by atoms with Crippen LogP contribution in [0.3, 0.4) is 0 Å². The summed E-state index contributed by atoms with van der Waals surface area (Å²) in [6.07, 6.45) is 0.925. The summed E-state index contributed by atoms with van der Waals surface area (Å²) in [4.78, 5) is 28.0. The van der Waals surface area contributed by atoms with Crippen molar-refractivity contribution >= 4 is 17.7 Å². The van der Waals surface area contributed by atoms with Gasteiger partial charge in [-0.15, -0.1) is 11.8 Å². The van der Waals surface area contributed by atoms with E-state index in [1.165, 1.54) is 34.6 Å². The van der Waals surface area contributed by atoms with Crippen LogP contribution in [0.5, 0.6) is 5.75 Å². The van der Waals surface area contributed by atoms with Crippen LogP contribution in [0.4, 0.5) is 8.78 Å². The summed E-state index contributed by atoms with van der Waals surface area (Å²) < 4.78 is 28.9. The first-order valence-electron chi connectivity index (χ1n) is 9.40. The van der Waals surface area contributed by atoms with E-state index in [-0.39, 0.29) is 23.7 Å². The van der Waals surface area contributed by atoms with Crippen LogP contribution in [-0.2, 0) is 5.75 Å². The van der Waals surface area contributed by atoms with E-state index in [0.717, 1.165) is 22.7 Å². The summed E-state index contributed by atoms with van der Waals surface area (Å²) in [6, 6.07) is 9.42. The molecule has 3 heterocycles. The molecular weight excluding hydrogens is 426 g/mol. The maximum absolute atomic E-state index is 14.8. The van der Waals surface area contributed by atoms with Crippen molar-refractivity contribution in [2.75, 3.05) is 18.7 Å². The number of amides is 1. The lowest BCUT2D eigenvalue weighted by Gasteiger charge is -2.41. The van der Waals surface area contributed by atoms with E-state index in [2.05, 4.69) is 5.10 Å². The van der Waals surface area contributed by atoms with Gasteiger partial charge in [0.2, 0.25) is 5.43 Å². The minimum Gasteiger partial charge on any atom is -0.502 e. The molecule has 0 radical (unpaired) electrons. The standard InChI is InChI=1S/C21H16F2N4O3S/c1-25-10-26(27-19(21(25)30)20(29)15(28)8-24-27)18-11-6-7-14(22)17(23)13(11)9-31-16-5-3-2-4-12(16)18/h2-8,18,29H,9-10H2,1H3. The number of aromatic nitrogens is 2. The van der Waals surface area contributed by atoms with Crippen LogP contribution in [0.15, 0.2) is 52.3 Å². The van der Waals surface area contributed by atoms with Crippen molar-refractivity contribution in [1.29, 1.82) is 0 Å². The molecule has 0 spiro atoms. The predicted octanol–water partition coefficient (Wildman–Crippen LogP) is 2.60. The van der Waals surface area contributed by atoms with E-state index in [1.807, 2.05) is 24.3 Å². The normalized spacial score (nSPS) is 17.6. The number of hydrogen-bond acceptors (Lipinski definition) is 6. The molecule has 3 aromatic rings. The number of nitrogens with zero attached hydrogens (tertiary/aromatic N) is 4. The molecule has 158 valence electrons. The number of aromatic hydroxyl groups is 1. The first-order chi connectivity index (χ1) is 14.9. The van der Waals surface area contributed by atoms with Crippen molar-refractivity contribution in [3.8, 4) is 5.75 Å². The first kappa shape index (κ1) is 19.6. The largest absolute Gasteiger partial charge is 0.502 e. The average Bonchev–Trinajstić information content (AvgIpc) is 2.93. The highest BCUT2D eigenvalue weighted by atomic mass is 32.2. The Labute approximate surface area is 179 Å². The zero-order valence-electron chi connectivity index (χ0n) is 16.2. The number of carbonyl (C=O) groups excluding carboxylic acids is 1. The van der Waals surface area contributed by atoms with Crippen LogP contribution in [-0.4, -0.2) is 39.5 Å². The second-order valence-electron chi connectivity index (χ2n) is 7.34. The molecule has 1 N–H and O–H groups in total.